The lowest BCUT2D eigenvalue weighted by atomic mass is 10.1. The van der Waals surface area contributed by atoms with E-state index in [1.807, 2.05) is 31.2 Å². The fraction of sp³-hybridized carbons (Fsp3) is 0.167. The Labute approximate surface area is 124 Å². The van der Waals surface area contributed by atoms with Gasteiger partial charge in [-0.25, -0.2) is 0 Å². The maximum absolute atomic E-state index is 6.27. The average molecular weight is 307 g/mol. The molecule has 0 aliphatic carbocycles. The van der Waals surface area contributed by atoms with Crippen LogP contribution in [0.2, 0.25) is 5.02 Å². The highest BCUT2D eigenvalue weighted by Crippen LogP contribution is 2.31. The van der Waals surface area contributed by atoms with Crippen molar-refractivity contribution < 1.29 is 0 Å². The van der Waals surface area contributed by atoms with Crippen LogP contribution < -0.4 is 5.73 Å². The molecule has 0 radical (unpaired) electrons. The normalized spacial score (nSPS) is 10.9. The molecule has 20 heavy (non-hydrogen) atoms. The molecule has 2 heterocycles. The second-order valence-corrected chi connectivity index (χ2v) is 5.65. The molecule has 102 valence electrons. The van der Waals surface area contributed by atoms with Gasteiger partial charge in [-0.15, -0.1) is 15.3 Å². The van der Waals surface area contributed by atoms with E-state index in [2.05, 4.69) is 20.5 Å². The van der Waals surface area contributed by atoms with E-state index in [4.69, 9.17) is 17.3 Å². The summed E-state index contributed by atoms with van der Waals surface area (Å²) in [4.78, 5) is 0. The van der Waals surface area contributed by atoms with Crippen LogP contribution in [0.25, 0.3) is 16.4 Å². The molecule has 0 aliphatic heterocycles. The first-order valence-electron chi connectivity index (χ1n) is 5.90. The molecule has 0 amide bonds. The molecule has 0 spiro atoms. The van der Waals surface area contributed by atoms with Crippen molar-refractivity contribution >= 4 is 22.9 Å². The first-order valence-corrected chi connectivity index (χ1v) is 7.10. The molecule has 0 unspecified atom stereocenters. The first-order chi connectivity index (χ1) is 9.70. The van der Waals surface area contributed by atoms with Crippen molar-refractivity contribution in [1.29, 1.82) is 0 Å². The Bertz CT molecular complexity index is 750. The lowest BCUT2D eigenvalue weighted by molar-refractivity contribution is 0.782. The van der Waals surface area contributed by atoms with E-state index >= 15 is 0 Å². The molecular weight excluding hydrogens is 296 g/mol. The maximum atomic E-state index is 6.27. The van der Waals surface area contributed by atoms with Gasteiger partial charge in [0.05, 0.1) is 5.02 Å². The summed E-state index contributed by atoms with van der Waals surface area (Å²) >= 11 is 7.70. The van der Waals surface area contributed by atoms with E-state index in [0.29, 0.717) is 15.8 Å². The van der Waals surface area contributed by atoms with Crippen LogP contribution in [0, 0.1) is 6.92 Å². The number of aryl methyl sites for hydroxylation is 1. The fourth-order valence-electron chi connectivity index (χ4n) is 1.88. The summed E-state index contributed by atoms with van der Waals surface area (Å²) in [6.45, 7) is 2.16. The Balaban J connectivity index is 2.23. The van der Waals surface area contributed by atoms with Crippen molar-refractivity contribution in [2.75, 3.05) is 0 Å². The molecular formula is C12H11ClN6S. The maximum Gasteiger partial charge on any atom is 0.234 e. The van der Waals surface area contributed by atoms with Gasteiger partial charge in [-0.05, 0) is 13.0 Å². The number of nitrogens with zero attached hydrogens (tertiary/aromatic N) is 5. The Morgan fingerprint density at radius 3 is 2.70 bits per heavy atom. The van der Waals surface area contributed by atoms with Gasteiger partial charge in [0.15, 0.2) is 0 Å². The molecule has 8 heteroatoms. The van der Waals surface area contributed by atoms with Gasteiger partial charge < -0.3 is 5.73 Å². The molecule has 0 saturated heterocycles. The third kappa shape index (κ3) is 2.20. The van der Waals surface area contributed by atoms with Gasteiger partial charge in [0.25, 0.3) is 0 Å². The van der Waals surface area contributed by atoms with Crippen molar-refractivity contribution in [2.24, 2.45) is 5.73 Å². The number of hydrogen-bond donors (Lipinski definition) is 1. The number of hydrogen-bond acceptors (Lipinski definition) is 6. The lowest BCUT2D eigenvalue weighted by Crippen LogP contribution is -2.02. The predicted molar refractivity (Wildman–Crippen MR) is 77.9 cm³/mol. The molecule has 6 nitrogen and oxygen atoms in total. The minimum atomic E-state index is 0.276. The van der Waals surface area contributed by atoms with Crippen LogP contribution in [-0.4, -0.2) is 25.2 Å². The molecule has 3 aromatic rings. The topological polar surface area (TPSA) is 82.5 Å². The van der Waals surface area contributed by atoms with Gasteiger partial charge in [0, 0.05) is 12.1 Å². The van der Waals surface area contributed by atoms with Crippen molar-refractivity contribution in [3.05, 3.63) is 40.0 Å². The molecule has 0 aliphatic rings. The largest absolute Gasteiger partial charge is 0.325 e. The Hall–Kier alpha value is -1.83. The smallest absolute Gasteiger partial charge is 0.234 e. The first kappa shape index (κ1) is 13.2. The summed E-state index contributed by atoms with van der Waals surface area (Å²) in [7, 11) is 0. The lowest BCUT2D eigenvalue weighted by Gasteiger charge is -2.06. The molecule has 2 aromatic heterocycles. The van der Waals surface area contributed by atoms with Crippen molar-refractivity contribution in [1.82, 2.24) is 25.2 Å². The minimum absolute atomic E-state index is 0.276. The van der Waals surface area contributed by atoms with Crippen LogP contribution in [0.1, 0.15) is 10.7 Å². The molecule has 2 N–H and O–H groups in total. The minimum Gasteiger partial charge on any atom is -0.325 e. The van der Waals surface area contributed by atoms with Gasteiger partial charge >= 0.3 is 0 Å². The highest BCUT2D eigenvalue weighted by atomic mass is 35.5. The van der Waals surface area contributed by atoms with E-state index in [1.165, 1.54) is 11.3 Å². The highest BCUT2D eigenvalue weighted by molar-refractivity contribution is 7.13. The quantitative estimate of drug-likeness (QED) is 0.802. The SMILES string of the molecule is Cc1nnc(-n2nnc(CN)c2-c2ccccc2Cl)s1. The number of halogens is 1. The van der Waals surface area contributed by atoms with Gasteiger partial charge in [0.2, 0.25) is 5.13 Å². The van der Waals surface area contributed by atoms with E-state index < -0.39 is 0 Å². The molecule has 0 atom stereocenters. The van der Waals surface area contributed by atoms with Gasteiger partial charge in [0.1, 0.15) is 16.4 Å². The van der Waals surface area contributed by atoms with Crippen molar-refractivity contribution in [3.63, 3.8) is 0 Å². The fourth-order valence-corrected chi connectivity index (χ4v) is 2.75. The summed E-state index contributed by atoms with van der Waals surface area (Å²) in [6.07, 6.45) is 0. The average Bonchev–Trinajstić information content (AvgIpc) is 3.05. The van der Waals surface area contributed by atoms with Gasteiger partial charge in [-0.2, -0.15) is 4.68 Å². The van der Waals surface area contributed by atoms with E-state index in [9.17, 15) is 0 Å². The van der Waals surface area contributed by atoms with Crippen LogP contribution >= 0.6 is 22.9 Å². The summed E-state index contributed by atoms with van der Waals surface area (Å²) < 4.78 is 1.63. The molecule has 0 fully saturated rings. The Morgan fingerprint density at radius 2 is 2.05 bits per heavy atom. The van der Waals surface area contributed by atoms with Crippen LogP contribution in [0.4, 0.5) is 0 Å². The van der Waals surface area contributed by atoms with Gasteiger partial charge in [-0.3, -0.25) is 0 Å². The summed E-state index contributed by atoms with van der Waals surface area (Å²) in [5.41, 5.74) is 8.00. The van der Waals surface area contributed by atoms with E-state index in [0.717, 1.165) is 16.3 Å². The van der Waals surface area contributed by atoms with Gasteiger partial charge in [-0.1, -0.05) is 46.4 Å². The number of rotatable bonds is 3. The van der Waals surface area contributed by atoms with E-state index in [1.54, 1.807) is 4.68 Å². The second-order valence-electron chi connectivity index (χ2n) is 4.08. The summed E-state index contributed by atoms with van der Waals surface area (Å²) in [5.74, 6) is 0. The Morgan fingerprint density at radius 1 is 1.25 bits per heavy atom. The molecule has 1 aromatic carbocycles. The third-order valence-corrected chi connectivity index (χ3v) is 3.90. The van der Waals surface area contributed by atoms with Crippen LogP contribution in [0.3, 0.4) is 0 Å². The van der Waals surface area contributed by atoms with Crippen molar-refractivity contribution in [3.8, 4) is 16.4 Å². The molecule has 0 saturated carbocycles. The zero-order valence-corrected chi connectivity index (χ0v) is 12.2. The van der Waals surface area contributed by atoms with Crippen LogP contribution in [0.15, 0.2) is 24.3 Å². The highest BCUT2D eigenvalue weighted by Gasteiger charge is 2.19. The zero-order valence-electron chi connectivity index (χ0n) is 10.6. The molecule has 0 bridgehead atoms. The number of benzene rings is 1. The monoisotopic (exact) mass is 306 g/mol. The summed E-state index contributed by atoms with van der Waals surface area (Å²) in [5, 5.41) is 18.4. The zero-order chi connectivity index (χ0) is 14.1. The molecule has 3 rings (SSSR count). The van der Waals surface area contributed by atoms with Crippen LogP contribution in [-0.2, 0) is 6.54 Å². The second kappa shape index (κ2) is 5.28. The summed E-state index contributed by atoms with van der Waals surface area (Å²) in [6, 6.07) is 7.51. The van der Waals surface area contributed by atoms with Crippen LogP contribution in [0.5, 0.6) is 0 Å². The number of nitrogens with two attached hydrogens (primary N) is 1. The number of aromatic nitrogens is 5. The third-order valence-electron chi connectivity index (χ3n) is 2.76. The Kier molecular flexibility index (Phi) is 3.47. The standard InChI is InChI=1S/C12H11ClN6S/c1-7-15-17-12(20-7)19-11(10(6-14)16-18-19)8-4-2-3-5-9(8)13/h2-5H,6,14H2,1H3. The van der Waals surface area contributed by atoms with Crippen molar-refractivity contribution in [2.45, 2.75) is 13.5 Å². The van der Waals surface area contributed by atoms with E-state index in [-0.39, 0.29) is 6.54 Å². The predicted octanol–water partition coefficient (Wildman–Crippen LogP) is 2.21.